The molecule has 0 saturated carbocycles. The van der Waals surface area contributed by atoms with Gasteiger partial charge in [0.1, 0.15) is 5.69 Å². The van der Waals surface area contributed by atoms with Crippen LogP contribution in [-0.2, 0) is 6.18 Å². The number of carbonyl (C=O) groups excluding carboxylic acids is 1. The third-order valence-electron chi connectivity index (χ3n) is 1.85. The first-order chi connectivity index (χ1) is 7.04. The Morgan fingerprint density at radius 1 is 1.40 bits per heavy atom. The van der Waals surface area contributed by atoms with Gasteiger partial charge in [-0.05, 0) is 0 Å². The lowest BCUT2D eigenvalue weighted by molar-refractivity contribution is -0.141. The molecule has 0 aliphatic heterocycles. The normalized spacial score (nSPS) is 11.9. The Balaban J connectivity index is 2.81. The average Bonchev–Trinajstić information content (AvgIpc) is 2.55. The standard InChI is InChI=1S/C8H4F3N3O/c9-8(10,11)7-5(4-15)14-2-1-12-3-6(14)13-7/h1-4H. The number of hydrogen-bond acceptors (Lipinski definition) is 3. The molecule has 0 aliphatic rings. The van der Waals surface area contributed by atoms with E-state index in [1.165, 1.54) is 12.4 Å². The fraction of sp³-hybridized carbons (Fsp3) is 0.125. The van der Waals surface area contributed by atoms with Gasteiger partial charge in [-0.3, -0.25) is 14.2 Å². The first kappa shape index (κ1) is 9.63. The van der Waals surface area contributed by atoms with Crippen molar-refractivity contribution in [2.24, 2.45) is 0 Å². The zero-order chi connectivity index (χ0) is 11.1. The van der Waals surface area contributed by atoms with Crippen LogP contribution >= 0.6 is 0 Å². The van der Waals surface area contributed by atoms with Crippen LogP contribution < -0.4 is 0 Å². The molecular formula is C8H4F3N3O. The minimum Gasteiger partial charge on any atom is -0.296 e. The van der Waals surface area contributed by atoms with Crippen LogP contribution in [0.1, 0.15) is 16.2 Å². The monoisotopic (exact) mass is 215 g/mol. The fourth-order valence-electron chi connectivity index (χ4n) is 1.25. The van der Waals surface area contributed by atoms with Crippen molar-refractivity contribution in [3.8, 4) is 0 Å². The van der Waals surface area contributed by atoms with Crippen molar-refractivity contribution in [1.82, 2.24) is 14.4 Å². The molecule has 15 heavy (non-hydrogen) atoms. The third kappa shape index (κ3) is 1.45. The maximum Gasteiger partial charge on any atom is 0.435 e. The first-order valence-electron chi connectivity index (χ1n) is 3.88. The zero-order valence-electron chi connectivity index (χ0n) is 7.19. The summed E-state index contributed by atoms with van der Waals surface area (Å²) in [6.07, 6.45) is -0.823. The number of nitrogens with zero attached hydrogens (tertiary/aromatic N) is 3. The second kappa shape index (κ2) is 3.04. The minimum atomic E-state index is -4.64. The topological polar surface area (TPSA) is 47.3 Å². The Morgan fingerprint density at radius 3 is 2.73 bits per heavy atom. The zero-order valence-corrected chi connectivity index (χ0v) is 7.19. The van der Waals surface area contributed by atoms with Crippen molar-refractivity contribution in [2.45, 2.75) is 6.18 Å². The van der Waals surface area contributed by atoms with Gasteiger partial charge in [-0.1, -0.05) is 0 Å². The lowest BCUT2D eigenvalue weighted by Gasteiger charge is -2.01. The molecule has 0 aliphatic carbocycles. The molecule has 4 nitrogen and oxygen atoms in total. The van der Waals surface area contributed by atoms with Crippen LogP contribution in [0.3, 0.4) is 0 Å². The van der Waals surface area contributed by atoms with Gasteiger partial charge in [-0.2, -0.15) is 13.2 Å². The van der Waals surface area contributed by atoms with Crippen LogP contribution in [0, 0.1) is 0 Å². The molecule has 78 valence electrons. The summed E-state index contributed by atoms with van der Waals surface area (Å²) in [4.78, 5) is 17.5. The molecule has 0 bridgehead atoms. The van der Waals surface area contributed by atoms with Gasteiger partial charge in [-0.25, -0.2) is 4.98 Å². The van der Waals surface area contributed by atoms with Gasteiger partial charge in [0, 0.05) is 12.4 Å². The Morgan fingerprint density at radius 2 is 2.13 bits per heavy atom. The van der Waals surface area contributed by atoms with E-state index < -0.39 is 17.6 Å². The van der Waals surface area contributed by atoms with Crippen LogP contribution in [0.25, 0.3) is 5.65 Å². The highest BCUT2D eigenvalue weighted by Gasteiger charge is 2.37. The number of halogens is 3. The van der Waals surface area contributed by atoms with E-state index in [4.69, 9.17) is 0 Å². The quantitative estimate of drug-likeness (QED) is 0.678. The molecule has 2 aromatic heterocycles. The van der Waals surface area contributed by atoms with Crippen molar-refractivity contribution in [1.29, 1.82) is 0 Å². The minimum absolute atomic E-state index is 0.00748. The van der Waals surface area contributed by atoms with E-state index in [-0.39, 0.29) is 11.9 Å². The summed E-state index contributed by atoms with van der Waals surface area (Å²) in [6.45, 7) is 0. The summed E-state index contributed by atoms with van der Waals surface area (Å²) in [6, 6.07) is 0. The van der Waals surface area contributed by atoms with Gasteiger partial charge >= 0.3 is 6.18 Å². The number of rotatable bonds is 1. The lowest BCUT2D eigenvalue weighted by Crippen LogP contribution is -2.09. The van der Waals surface area contributed by atoms with Crippen molar-refractivity contribution >= 4 is 11.9 Å². The van der Waals surface area contributed by atoms with Crippen molar-refractivity contribution in [2.75, 3.05) is 0 Å². The maximum absolute atomic E-state index is 12.4. The summed E-state index contributed by atoms with van der Waals surface area (Å²) in [7, 11) is 0. The molecule has 0 spiro atoms. The van der Waals surface area contributed by atoms with E-state index in [1.54, 1.807) is 0 Å². The molecule has 0 N–H and O–H groups in total. The van der Waals surface area contributed by atoms with E-state index >= 15 is 0 Å². The highest BCUT2D eigenvalue weighted by molar-refractivity contribution is 5.76. The molecule has 0 amide bonds. The largest absolute Gasteiger partial charge is 0.435 e. The van der Waals surface area contributed by atoms with Crippen LogP contribution in [0.5, 0.6) is 0 Å². The summed E-state index contributed by atoms with van der Waals surface area (Å²) < 4.78 is 38.3. The van der Waals surface area contributed by atoms with Crippen LogP contribution in [0.15, 0.2) is 18.6 Å². The predicted octanol–water partition coefficient (Wildman–Crippen LogP) is 1.56. The Kier molecular flexibility index (Phi) is 1.95. The molecule has 2 rings (SSSR count). The second-order valence-corrected chi connectivity index (χ2v) is 2.77. The number of fused-ring (bicyclic) bond motifs is 1. The van der Waals surface area contributed by atoms with E-state index in [0.29, 0.717) is 0 Å². The molecule has 7 heteroatoms. The van der Waals surface area contributed by atoms with E-state index in [9.17, 15) is 18.0 Å². The van der Waals surface area contributed by atoms with E-state index in [0.717, 1.165) is 10.6 Å². The van der Waals surface area contributed by atoms with Crippen molar-refractivity contribution in [3.05, 3.63) is 30.0 Å². The summed E-state index contributed by atoms with van der Waals surface area (Å²) in [5.41, 5.74) is -1.71. The number of alkyl halides is 3. The number of imidazole rings is 1. The Hall–Kier alpha value is -1.92. The highest BCUT2D eigenvalue weighted by Crippen LogP contribution is 2.30. The molecule has 0 unspecified atom stereocenters. The summed E-state index contributed by atoms with van der Waals surface area (Å²) in [5, 5.41) is 0. The van der Waals surface area contributed by atoms with Crippen LogP contribution in [-0.4, -0.2) is 20.7 Å². The van der Waals surface area contributed by atoms with Gasteiger partial charge in [0.25, 0.3) is 0 Å². The van der Waals surface area contributed by atoms with Crippen molar-refractivity contribution in [3.63, 3.8) is 0 Å². The summed E-state index contributed by atoms with van der Waals surface area (Å²) >= 11 is 0. The lowest BCUT2D eigenvalue weighted by atomic mass is 10.3. The van der Waals surface area contributed by atoms with Gasteiger partial charge in [0.2, 0.25) is 0 Å². The predicted molar refractivity (Wildman–Crippen MR) is 43.4 cm³/mol. The highest BCUT2D eigenvalue weighted by atomic mass is 19.4. The third-order valence-corrected chi connectivity index (χ3v) is 1.85. The molecule has 2 aromatic rings. The SMILES string of the molecule is O=Cc1c(C(F)(F)F)nc2cnccn12. The molecule has 0 fully saturated rings. The molecule has 0 aromatic carbocycles. The van der Waals surface area contributed by atoms with E-state index in [1.807, 2.05) is 0 Å². The molecule has 2 heterocycles. The summed E-state index contributed by atoms with van der Waals surface area (Å²) in [5.74, 6) is 0. The average molecular weight is 215 g/mol. The molecule has 0 saturated heterocycles. The number of carbonyl (C=O) groups is 1. The number of hydrogen-bond donors (Lipinski definition) is 0. The smallest absolute Gasteiger partial charge is 0.296 e. The Bertz CT molecular complexity index is 517. The molecule has 0 radical (unpaired) electrons. The molecular weight excluding hydrogens is 211 g/mol. The second-order valence-electron chi connectivity index (χ2n) is 2.77. The maximum atomic E-state index is 12.4. The molecule has 0 atom stereocenters. The van der Waals surface area contributed by atoms with Crippen LogP contribution in [0.2, 0.25) is 0 Å². The fourth-order valence-corrected chi connectivity index (χ4v) is 1.25. The first-order valence-corrected chi connectivity index (χ1v) is 3.88. The number of aldehydes is 1. The van der Waals surface area contributed by atoms with Crippen LogP contribution in [0.4, 0.5) is 13.2 Å². The van der Waals surface area contributed by atoms with Crippen molar-refractivity contribution < 1.29 is 18.0 Å². The van der Waals surface area contributed by atoms with Gasteiger partial charge in [0.15, 0.2) is 17.6 Å². The Labute approximate surface area is 81.4 Å². The van der Waals surface area contributed by atoms with Gasteiger partial charge in [0.05, 0.1) is 6.20 Å². The van der Waals surface area contributed by atoms with Gasteiger partial charge in [-0.15, -0.1) is 0 Å². The van der Waals surface area contributed by atoms with E-state index in [2.05, 4.69) is 9.97 Å². The van der Waals surface area contributed by atoms with Gasteiger partial charge < -0.3 is 0 Å². The number of aromatic nitrogens is 3.